The Bertz CT molecular complexity index is 685. The maximum absolute atomic E-state index is 5.73. The molecule has 2 rings (SSSR count). The molecule has 0 atom stereocenters. The molecule has 6 heteroatoms. The summed E-state index contributed by atoms with van der Waals surface area (Å²) in [7, 11) is 0. The van der Waals surface area contributed by atoms with Gasteiger partial charge in [-0.25, -0.2) is 0 Å². The highest BCUT2D eigenvalue weighted by molar-refractivity contribution is 5.30. The minimum absolute atomic E-state index is 0.496. The smallest absolute Gasteiger partial charge is 0.119 e. The lowest BCUT2D eigenvalue weighted by Crippen LogP contribution is -2.14. The van der Waals surface area contributed by atoms with E-state index in [-0.39, 0.29) is 0 Å². The number of unbranched alkanes of at least 4 members (excludes halogenated alkanes) is 1. The second-order valence-electron chi connectivity index (χ2n) is 8.51. The van der Waals surface area contributed by atoms with Gasteiger partial charge in [0, 0.05) is 6.61 Å². The van der Waals surface area contributed by atoms with E-state index in [9.17, 15) is 0 Å². The number of allylic oxidation sites excluding steroid dienone is 4. The van der Waals surface area contributed by atoms with Gasteiger partial charge in [-0.2, -0.15) is 0 Å². The minimum atomic E-state index is 0.496. The molecule has 0 spiro atoms. The zero-order chi connectivity index (χ0) is 24.1. The molecule has 0 unspecified atom stereocenters. The van der Waals surface area contributed by atoms with Crippen LogP contribution in [0.5, 0.6) is 5.75 Å². The Morgan fingerprint density at radius 1 is 0.706 bits per heavy atom. The number of benzene rings is 1. The fourth-order valence-electron chi connectivity index (χ4n) is 3.39. The molecule has 0 amide bonds. The largest absolute Gasteiger partial charge is 0.491 e. The molecule has 0 heterocycles. The van der Waals surface area contributed by atoms with Crippen LogP contribution in [0.15, 0.2) is 48.1 Å². The fraction of sp³-hybridized carbons (Fsp3) is 0.643. The van der Waals surface area contributed by atoms with Crippen molar-refractivity contribution in [2.75, 3.05) is 72.7 Å². The van der Waals surface area contributed by atoms with Crippen LogP contribution in [0.3, 0.4) is 0 Å². The molecule has 1 aromatic rings. The van der Waals surface area contributed by atoms with Gasteiger partial charge in [0.25, 0.3) is 0 Å². The molecule has 6 nitrogen and oxygen atoms in total. The molecule has 0 aliphatic heterocycles. The lowest BCUT2D eigenvalue weighted by atomic mass is 10.0. The highest BCUT2D eigenvalue weighted by Crippen LogP contribution is 2.20. The molecule has 0 fully saturated rings. The first-order valence-electron chi connectivity index (χ1n) is 12.7. The molecular weight excluding hydrogens is 432 g/mol. The zero-order valence-corrected chi connectivity index (χ0v) is 21.2. The van der Waals surface area contributed by atoms with Gasteiger partial charge in [0.2, 0.25) is 0 Å². The minimum Gasteiger partial charge on any atom is -0.491 e. The van der Waals surface area contributed by atoms with Gasteiger partial charge >= 0.3 is 0 Å². The lowest BCUT2D eigenvalue weighted by Gasteiger charge is -2.10. The van der Waals surface area contributed by atoms with Crippen LogP contribution in [-0.4, -0.2) is 72.7 Å². The van der Waals surface area contributed by atoms with E-state index in [1.165, 1.54) is 17.6 Å². The number of rotatable bonds is 22. The maximum atomic E-state index is 5.73. The summed E-state index contributed by atoms with van der Waals surface area (Å²) in [6, 6.07) is 8.21. The average Bonchev–Trinajstić information content (AvgIpc) is 3.36. The number of ether oxygens (including phenoxy) is 6. The van der Waals surface area contributed by atoms with E-state index in [0.29, 0.717) is 72.0 Å². The summed E-state index contributed by atoms with van der Waals surface area (Å²) in [5.74, 6) is 1.39. The van der Waals surface area contributed by atoms with Gasteiger partial charge in [0.05, 0.1) is 59.5 Å². The predicted molar refractivity (Wildman–Crippen MR) is 136 cm³/mol. The normalized spacial score (nSPS) is 13.1. The molecule has 0 N–H and O–H groups in total. The van der Waals surface area contributed by atoms with Gasteiger partial charge in [-0.05, 0) is 49.3 Å². The molecular formula is C28H44O6. The van der Waals surface area contributed by atoms with Crippen molar-refractivity contribution in [1.29, 1.82) is 0 Å². The van der Waals surface area contributed by atoms with Crippen LogP contribution in [0.4, 0.5) is 0 Å². The third kappa shape index (κ3) is 14.5. The molecule has 0 aromatic heterocycles. The maximum Gasteiger partial charge on any atom is 0.119 e. The molecule has 0 bridgehead atoms. The SMILES string of the molecule is CC(C)c1cccc(OCCOCCOCCOCCOCCOCCCCC2=CCC=C2)c1. The molecule has 0 saturated heterocycles. The summed E-state index contributed by atoms with van der Waals surface area (Å²) in [6.07, 6.45) is 11.3. The van der Waals surface area contributed by atoms with Crippen molar-refractivity contribution in [3.8, 4) is 5.75 Å². The van der Waals surface area contributed by atoms with Crippen LogP contribution in [0.25, 0.3) is 0 Å². The Balaban J connectivity index is 1.24. The Morgan fingerprint density at radius 2 is 1.29 bits per heavy atom. The third-order valence-electron chi connectivity index (χ3n) is 5.36. The van der Waals surface area contributed by atoms with E-state index in [1.54, 1.807) is 0 Å². The van der Waals surface area contributed by atoms with Crippen LogP contribution < -0.4 is 4.74 Å². The van der Waals surface area contributed by atoms with Crippen LogP contribution in [0.1, 0.15) is 51.0 Å². The van der Waals surface area contributed by atoms with Gasteiger partial charge in [-0.15, -0.1) is 0 Å². The van der Waals surface area contributed by atoms with Crippen molar-refractivity contribution in [2.45, 2.75) is 45.4 Å². The van der Waals surface area contributed by atoms with E-state index in [0.717, 1.165) is 31.6 Å². The molecule has 34 heavy (non-hydrogen) atoms. The van der Waals surface area contributed by atoms with Crippen LogP contribution >= 0.6 is 0 Å². The van der Waals surface area contributed by atoms with Crippen LogP contribution in [-0.2, 0) is 23.7 Å². The summed E-state index contributed by atoms with van der Waals surface area (Å²) in [4.78, 5) is 0. The van der Waals surface area contributed by atoms with Crippen molar-refractivity contribution >= 4 is 0 Å². The second-order valence-corrected chi connectivity index (χ2v) is 8.51. The van der Waals surface area contributed by atoms with E-state index in [2.05, 4.69) is 44.2 Å². The summed E-state index contributed by atoms with van der Waals surface area (Å²) in [5, 5.41) is 0. The first kappa shape index (κ1) is 28.5. The first-order valence-corrected chi connectivity index (χ1v) is 12.7. The van der Waals surface area contributed by atoms with Crippen LogP contribution in [0.2, 0.25) is 0 Å². The Labute approximate surface area is 206 Å². The summed E-state index contributed by atoms with van der Waals surface area (Å²) >= 11 is 0. The van der Waals surface area contributed by atoms with Crippen LogP contribution in [0, 0.1) is 0 Å². The summed E-state index contributed by atoms with van der Waals surface area (Å²) < 4.78 is 33.4. The predicted octanol–water partition coefficient (Wildman–Crippen LogP) is 5.33. The standard InChI is InChI=1S/C28H44O6/c1-25(2)27-11-7-12-28(24-27)34-23-22-33-21-20-32-19-18-31-17-16-30-15-14-29-13-6-5-10-26-8-3-4-9-26/h3,7-9,11-12,24-25H,4-6,10,13-23H2,1-2H3. The lowest BCUT2D eigenvalue weighted by molar-refractivity contribution is -0.0128. The first-order chi connectivity index (χ1) is 16.8. The monoisotopic (exact) mass is 476 g/mol. The highest BCUT2D eigenvalue weighted by Gasteiger charge is 2.01. The molecule has 1 aliphatic rings. The molecule has 1 aliphatic carbocycles. The van der Waals surface area contributed by atoms with E-state index in [1.807, 2.05) is 12.1 Å². The molecule has 0 saturated carbocycles. The third-order valence-corrected chi connectivity index (χ3v) is 5.36. The molecule has 0 radical (unpaired) electrons. The zero-order valence-electron chi connectivity index (χ0n) is 21.2. The van der Waals surface area contributed by atoms with Gasteiger partial charge in [0.1, 0.15) is 12.4 Å². The van der Waals surface area contributed by atoms with Crippen molar-refractivity contribution in [3.05, 3.63) is 53.6 Å². The van der Waals surface area contributed by atoms with Crippen molar-refractivity contribution < 1.29 is 28.4 Å². The quantitative estimate of drug-likeness (QED) is 0.211. The Morgan fingerprint density at radius 3 is 1.85 bits per heavy atom. The second kappa shape index (κ2) is 19.6. The van der Waals surface area contributed by atoms with Crippen molar-refractivity contribution in [2.24, 2.45) is 0 Å². The van der Waals surface area contributed by atoms with E-state index in [4.69, 9.17) is 28.4 Å². The molecule has 1 aromatic carbocycles. The van der Waals surface area contributed by atoms with Crippen molar-refractivity contribution in [3.63, 3.8) is 0 Å². The van der Waals surface area contributed by atoms with Gasteiger partial charge < -0.3 is 28.4 Å². The van der Waals surface area contributed by atoms with E-state index >= 15 is 0 Å². The number of hydrogen-bond donors (Lipinski definition) is 0. The average molecular weight is 477 g/mol. The molecule has 192 valence electrons. The highest BCUT2D eigenvalue weighted by atomic mass is 16.6. The van der Waals surface area contributed by atoms with Gasteiger partial charge in [-0.1, -0.05) is 49.8 Å². The van der Waals surface area contributed by atoms with Gasteiger partial charge in [0.15, 0.2) is 0 Å². The Kier molecular flexibility index (Phi) is 16.4. The fourth-order valence-corrected chi connectivity index (χ4v) is 3.39. The number of hydrogen-bond acceptors (Lipinski definition) is 6. The van der Waals surface area contributed by atoms with E-state index < -0.39 is 0 Å². The topological polar surface area (TPSA) is 55.4 Å². The van der Waals surface area contributed by atoms with Crippen molar-refractivity contribution in [1.82, 2.24) is 0 Å². The Hall–Kier alpha value is -1.70. The summed E-state index contributed by atoms with van der Waals surface area (Å²) in [5.41, 5.74) is 2.74. The van der Waals surface area contributed by atoms with Gasteiger partial charge in [-0.3, -0.25) is 0 Å². The summed E-state index contributed by atoms with van der Waals surface area (Å²) in [6.45, 7) is 10.8.